The molecule has 2 rings (SSSR count). The highest BCUT2D eigenvalue weighted by molar-refractivity contribution is 9.10. The minimum Gasteiger partial charge on any atom is -0.389 e. The first-order valence-electron chi connectivity index (χ1n) is 5.61. The molecule has 96 valence electrons. The molecule has 2 aromatic rings. The molecule has 0 amide bonds. The Bertz CT molecular complexity index is 593. The van der Waals surface area contributed by atoms with Gasteiger partial charge in [-0.05, 0) is 54.9 Å². The maximum absolute atomic E-state index is 13.3. The molecule has 0 saturated carbocycles. The SMILES string of the molecule is Cc1nn(-c2ccc(F)cc2C(C)O)c(C)c1Br. The van der Waals surface area contributed by atoms with Crippen molar-refractivity contribution >= 4 is 15.9 Å². The third-order valence-corrected chi connectivity index (χ3v) is 4.02. The molecule has 0 saturated heterocycles. The van der Waals surface area contributed by atoms with Gasteiger partial charge in [-0.1, -0.05) is 0 Å². The van der Waals surface area contributed by atoms with Crippen molar-refractivity contribution in [2.75, 3.05) is 0 Å². The molecule has 0 aliphatic heterocycles. The van der Waals surface area contributed by atoms with Crippen LogP contribution in [-0.4, -0.2) is 14.9 Å². The summed E-state index contributed by atoms with van der Waals surface area (Å²) in [5.41, 5.74) is 2.99. The molecule has 1 unspecified atom stereocenters. The maximum atomic E-state index is 13.3. The fraction of sp³-hybridized carbons (Fsp3) is 0.308. The number of aryl methyl sites for hydroxylation is 1. The van der Waals surface area contributed by atoms with Crippen LogP contribution in [0.25, 0.3) is 5.69 Å². The van der Waals surface area contributed by atoms with Gasteiger partial charge in [0.25, 0.3) is 0 Å². The smallest absolute Gasteiger partial charge is 0.123 e. The number of aromatic nitrogens is 2. The molecule has 0 aliphatic rings. The molecule has 1 heterocycles. The van der Waals surface area contributed by atoms with Gasteiger partial charge in [0.1, 0.15) is 5.82 Å². The summed E-state index contributed by atoms with van der Waals surface area (Å²) in [6, 6.07) is 4.33. The summed E-state index contributed by atoms with van der Waals surface area (Å²) in [4.78, 5) is 0. The van der Waals surface area contributed by atoms with Gasteiger partial charge in [-0.3, -0.25) is 0 Å². The van der Waals surface area contributed by atoms with Crippen LogP contribution in [-0.2, 0) is 0 Å². The zero-order valence-electron chi connectivity index (χ0n) is 10.4. The summed E-state index contributed by atoms with van der Waals surface area (Å²) in [7, 11) is 0. The quantitative estimate of drug-likeness (QED) is 0.922. The number of rotatable bonds is 2. The first-order valence-corrected chi connectivity index (χ1v) is 6.40. The van der Waals surface area contributed by atoms with E-state index in [1.165, 1.54) is 12.1 Å². The lowest BCUT2D eigenvalue weighted by Gasteiger charge is -2.13. The van der Waals surface area contributed by atoms with Gasteiger partial charge < -0.3 is 5.11 Å². The molecule has 0 radical (unpaired) electrons. The number of hydrogen-bond acceptors (Lipinski definition) is 2. The molecule has 18 heavy (non-hydrogen) atoms. The first kappa shape index (κ1) is 13.2. The fourth-order valence-corrected chi connectivity index (χ4v) is 2.16. The Hall–Kier alpha value is -1.20. The minimum absolute atomic E-state index is 0.366. The van der Waals surface area contributed by atoms with Gasteiger partial charge >= 0.3 is 0 Å². The van der Waals surface area contributed by atoms with Crippen LogP contribution in [0.5, 0.6) is 0 Å². The lowest BCUT2D eigenvalue weighted by Crippen LogP contribution is -2.06. The molecule has 1 N–H and O–H groups in total. The van der Waals surface area contributed by atoms with E-state index in [0.29, 0.717) is 11.3 Å². The summed E-state index contributed by atoms with van der Waals surface area (Å²) >= 11 is 3.45. The predicted octanol–water partition coefficient (Wildman–Crippen LogP) is 3.44. The zero-order chi connectivity index (χ0) is 13.4. The van der Waals surface area contributed by atoms with Gasteiger partial charge in [-0.15, -0.1) is 0 Å². The molecule has 0 bridgehead atoms. The van der Waals surface area contributed by atoms with Gasteiger partial charge in [-0.25, -0.2) is 9.07 Å². The predicted molar refractivity (Wildman–Crippen MR) is 71.3 cm³/mol. The Morgan fingerprint density at radius 3 is 2.56 bits per heavy atom. The van der Waals surface area contributed by atoms with E-state index in [-0.39, 0.29) is 5.82 Å². The van der Waals surface area contributed by atoms with Crippen molar-refractivity contribution in [3.63, 3.8) is 0 Å². The second-order valence-corrected chi connectivity index (χ2v) is 5.07. The summed E-state index contributed by atoms with van der Waals surface area (Å²) < 4.78 is 15.9. The topological polar surface area (TPSA) is 38.0 Å². The fourth-order valence-electron chi connectivity index (χ4n) is 1.91. The second kappa shape index (κ2) is 4.82. The maximum Gasteiger partial charge on any atom is 0.123 e. The van der Waals surface area contributed by atoms with Crippen LogP contribution < -0.4 is 0 Å². The number of benzene rings is 1. The van der Waals surface area contributed by atoms with E-state index in [1.54, 1.807) is 17.7 Å². The molecular formula is C13H14BrFN2O. The second-order valence-electron chi connectivity index (χ2n) is 4.28. The number of aliphatic hydroxyl groups excluding tert-OH is 1. The third-order valence-electron chi connectivity index (χ3n) is 2.87. The highest BCUT2D eigenvalue weighted by Crippen LogP contribution is 2.27. The molecule has 1 aromatic carbocycles. The van der Waals surface area contributed by atoms with E-state index < -0.39 is 6.10 Å². The van der Waals surface area contributed by atoms with E-state index in [2.05, 4.69) is 21.0 Å². The molecule has 3 nitrogen and oxygen atoms in total. The van der Waals surface area contributed by atoms with Crippen LogP contribution >= 0.6 is 15.9 Å². The lowest BCUT2D eigenvalue weighted by molar-refractivity contribution is 0.198. The summed E-state index contributed by atoms with van der Waals surface area (Å²) in [6.45, 7) is 5.41. The van der Waals surface area contributed by atoms with Crippen LogP contribution in [0.4, 0.5) is 4.39 Å². The van der Waals surface area contributed by atoms with Gasteiger partial charge in [0.2, 0.25) is 0 Å². The van der Waals surface area contributed by atoms with E-state index in [9.17, 15) is 9.50 Å². The minimum atomic E-state index is -0.751. The summed E-state index contributed by atoms with van der Waals surface area (Å²) in [5, 5.41) is 14.1. The third kappa shape index (κ3) is 2.20. The molecular weight excluding hydrogens is 299 g/mol. The number of halogens is 2. The first-order chi connectivity index (χ1) is 8.41. The lowest BCUT2D eigenvalue weighted by atomic mass is 10.1. The molecule has 1 aromatic heterocycles. The van der Waals surface area contributed by atoms with Crippen molar-refractivity contribution < 1.29 is 9.50 Å². The normalized spacial score (nSPS) is 12.8. The molecule has 0 aliphatic carbocycles. The molecule has 0 spiro atoms. The van der Waals surface area contributed by atoms with E-state index >= 15 is 0 Å². The van der Waals surface area contributed by atoms with E-state index in [0.717, 1.165) is 15.9 Å². The highest BCUT2D eigenvalue weighted by Gasteiger charge is 2.16. The molecule has 1 atom stereocenters. The van der Waals surface area contributed by atoms with E-state index in [1.807, 2.05) is 13.8 Å². The van der Waals surface area contributed by atoms with Crippen molar-refractivity contribution in [3.05, 3.63) is 45.4 Å². The van der Waals surface area contributed by atoms with Crippen LogP contribution in [0, 0.1) is 19.7 Å². The standard InChI is InChI=1S/C13H14BrFN2O/c1-7-13(14)8(2)17(16-7)12-5-4-10(15)6-11(12)9(3)18/h4-6,9,18H,1-3H3. The Morgan fingerprint density at radius 1 is 1.39 bits per heavy atom. The van der Waals surface area contributed by atoms with Gasteiger partial charge in [-0.2, -0.15) is 5.10 Å². The van der Waals surface area contributed by atoms with Gasteiger partial charge in [0, 0.05) is 5.56 Å². The summed E-state index contributed by atoms with van der Waals surface area (Å²) in [5.74, 6) is -0.366. The van der Waals surface area contributed by atoms with Gasteiger partial charge in [0.05, 0.1) is 27.7 Å². The summed E-state index contributed by atoms with van der Waals surface area (Å²) in [6.07, 6.45) is -0.751. The number of hydrogen-bond donors (Lipinski definition) is 1. The highest BCUT2D eigenvalue weighted by atomic mass is 79.9. The van der Waals surface area contributed by atoms with Crippen molar-refractivity contribution in [1.29, 1.82) is 0 Å². The Labute approximate surface area is 113 Å². The average Bonchev–Trinajstić information content (AvgIpc) is 2.57. The van der Waals surface area contributed by atoms with Crippen molar-refractivity contribution in [2.45, 2.75) is 26.9 Å². The Balaban J connectivity index is 2.67. The van der Waals surface area contributed by atoms with Crippen LogP contribution in [0.1, 0.15) is 30.0 Å². The van der Waals surface area contributed by atoms with Crippen LogP contribution in [0.3, 0.4) is 0 Å². The molecule has 5 heteroatoms. The Morgan fingerprint density at radius 2 is 2.06 bits per heavy atom. The van der Waals surface area contributed by atoms with Gasteiger partial charge in [0.15, 0.2) is 0 Å². The monoisotopic (exact) mass is 312 g/mol. The molecule has 0 fully saturated rings. The van der Waals surface area contributed by atoms with Crippen molar-refractivity contribution in [3.8, 4) is 5.69 Å². The zero-order valence-corrected chi connectivity index (χ0v) is 12.0. The number of aliphatic hydroxyl groups is 1. The average molecular weight is 313 g/mol. The van der Waals surface area contributed by atoms with Crippen molar-refractivity contribution in [2.24, 2.45) is 0 Å². The van der Waals surface area contributed by atoms with E-state index in [4.69, 9.17) is 0 Å². The van der Waals surface area contributed by atoms with Crippen LogP contribution in [0.2, 0.25) is 0 Å². The Kier molecular flexibility index (Phi) is 3.54. The van der Waals surface area contributed by atoms with Crippen molar-refractivity contribution in [1.82, 2.24) is 9.78 Å². The van der Waals surface area contributed by atoms with Crippen LogP contribution in [0.15, 0.2) is 22.7 Å². The number of nitrogens with zero attached hydrogens (tertiary/aromatic N) is 2. The largest absolute Gasteiger partial charge is 0.389 e.